The van der Waals surface area contributed by atoms with E-state index in [1.807, 2.05) is 31.2 Å². The van der Waals surface area contributed by atoms with Crippen molar-refractivity contribution in [2.75, 3.05) is 5.32 Å². The second-order valence-electron chi connectivity index (χ2n) is 5.26. The molecule has 4 heteroatoms. The summed E-state index contributed by atoms with van der Waals surface area (Å²) in [5, 5.41) is 3.45. The maximum absolute atomic E-state index is 12.2. The van der Waals surface area contributed by atoms with Crippen molar-refractivity contribution in [3.05, 3.63) is 83.0 Å². The van der Waals surface area contributed by atoms with Crippen molar-refractivity contribution in [1.82, 2.24) is 4.98 Å². The number of rotatable bonds is 3. The van der Waals surface area contributed by atoms with E-state index in [1.165, 1.54) is 5.56 Å². The van der Waals surface area contributed by atoms with Gasteiger partial charge in [0, 0.05) is 22.5 Å². The molecule has 1 amide bonds. The van der Waals surface area contributed by atoms with Crippen LogP contribution in [0, 0.1) is 6.92 Å². The van der Waals surface area contributed by atoms with E-state index in [-0.39, 0.29) is 5.91 Å². The van der Waals surface area contributed by atoms with Gasteiger partial charge in [-0.3, -0.25) is 9.78 Å². The Balaban J connectivity index is 1.76. The molecule has 0 unspecified atom stereocenters. The van der Waals surface area contributed by atoms with E-state index < -0.39 is 0 Å². The van der Waals surface area contributed by atoms with Crippen molar-refractivity contribution in [2.24, 2.45) is 0 Å². The SMILES string of the molecule is Cc1cccc(-c2ccc(C(=O)Nc3ccc(Cl)cc3)cn2)c1. The van der Waals surface area contributed by atoms with Gasteiger partial charge in [0.05, 0.1) is 11.3 Å². The summed E-state index contributed by atoms with van der Waals surface area (Å²) in [5.74, 6) is -0.199. The normalized spacial score (nSPS) is 10.3. The fraction of sp³-hybridized carbons (Fsp3) is 0.0526. The van der Waals surface area contributed by atoms with Crippen LogP contribution in [0.3, 0.4) is 0 Å². The van der Waals surface area contributed by atoms with Crippen molar-refractivity contribution >= 4 is 23.2 Å². The predicted molar refractivity (Wildman–Crippen MR) is 93.8 cm³/mol. The van der Waals surface area contributed by atoms with Gasteiger partial charge in [-0.1, -0.05) is 35.4 Å². The van der Waals surface area contributed by atoms with Gasteiger partial charge < -0.3 is 5.32 Å². The van der Waals surface area contributed by atoms with Gasteiger partial charge in [0.25, 0.3) is 5.91 Å². The zero-order chi connectivity index (χ0) is 16.2. The van der Waals surface area contributed by atoms with Crippen LogP contribution in [0.4, 0.5) is 5.69 Å². The van der Waals surface area contributed by atoms with E-state index in [4.69, 9.17) is 11.6 Å². The molecule has 0 spiro atoms. The second-order valence-corrected chi connectivity index (χ2v) is 5.70. The monoisotopic (exact) mass is 322 g/mol. The maximum atomic E-state index is 12.2. The van der Waals surface area contributed by atoms with Crippen molar-refractivity contribution in [3.8, 4) is 11.3 Å². The lowest BCUT2D eigenvalue weighted by atomic mass is 10.1. The fourth-order valence-corrected chi connectivity index (χ4v) is 2.37. The summed E-state index contributed by atoms with van der Waals surface area (Å²) >= 11 is 5.83. The lowest BCUT2D eigenvalue weighted by Crippen LogP contribution is -2.12. The molecule has 0 aliphatic heterocycles. The number of amides is 1. The number of halogens is 1. The van der Waals surface area contributed by atoms with Gasteiger partial charge in [-0.05, 0) is 49.4 Å². The molecule has 0 fully saturated rings. The van der Waals surface area contributed by atoms with Crippen LogP contribution in [-0.2, 0) is 0 Å². The molecule has 0 aliphatic carbocycles. The zero-order valence-corrected chi connectivity index (χ0v) is 13.3. The Morgan fingerprint density at radius 3 is 2.48 bits per heavy atom. The molecule has 1 N–H and O–H groups in total. The highest BCUT2D eigenvalue weighted by Gasteiger charge is 2.07. The Morgan fingerprint density at radius 2 is 1.83 bits per heavy atom. The summed E-state index contributed by atoms with van der Waals surface area (Å²) < 4.78 is 0. The van der Waals surface area contributed by atoms with Crippen molar-refractivity contribution in [1.29, 1.82) is 0 Å². The third kappa shape index (κ3) is 3.76. The molecule has 1 aromatic heterocycles. The highest BCUT2D eigenvalue weighted by Crippen LogP contribution is 2.19. The molecule has 0 saturated carbocycles. The molecule has 2 aromatic carbocycles. The number of carbonyl (C=O) groups is 1. The van der Waals surface area contributed by atoms with Gasteiger partial charge in [-0.2, -0.15) is 0 Å². The number of anilines is 1. The minimum absolute atomic E-state index is 0.199. The van der Waals surface area contributed by atoms with Gasteiger partial charge in [-0.15, -0.1) is 0 Å². The molecule has 3 rings (SSSR count). The van der Waals surface area contributed by atoms with Gasteiger partial charge in [-0.25, -0.2) is 0 Å². The molecule has 3 nitrogen and oxygen atoms in total. The summed E-state index contributed by atoms with van der Waals surface area (Å²) in [7, 11) is 0. The Labute approximate surface area is 140 Å². The first-order chi connectivity index (χ1) is 11.1. The van der Waals surface area contributed by atoms with E-state index in [0.717, 1.165) is 11.3 Å². The summed E-state index contributed by atoms with van der Waals surface area (Å²) in [4.78, 5) is 16.6. The average Bonchev–Trinajstić information content (AvgIpc) is 2.57. The number of hydrogen-bond donors (Lipinski definition) is 1. The number of nitrogens with one attached hydrogen (secondary N) is 1. The molecule has 3 aromatic rings. The first kappa shape index (κ1) is 15.3. The Hall–Kier alpha value is -2.65. The summed E-state index contributed by atoms with van der Waals surface area (Å²) in [6.07, 6.45) is 1.59. The average molecular weight is 323 g/mol. The minimum Gasteiger partial charge on any atom is -0.322 e. The number of aryl methyl sites for hydroxylation is 1. The fourth-order valence-electron chi connectivity index (χ4n) is 2.24. The summed E-state index contributed by atoms with van der Waals surface area (Å²) in [6, 6.07) is 18.7. The van der Waals surface area contributed by atoms with Gasteiger partial charge in [0.1, 0.15) is 0 Å². The molecule has 0 saturated heterocycles. The van der Waals surface area contributed by atoms with Gasteiger partial charge in [0.2, 0.25) is 0 Å². The quantitative estimate of drug-likeness (QED) is 0.740. The number of benzene rings is 2. The van der Waals surface area contributed by atoms with E-state index in [0.29, 0.717) is 16.3 Å². The highest BCUT2D eigenvalue weighted by molar-refractivity contribution is 6.30. The first-order valence-corrected chi connectivity index (χ1v) is 7.59. The maximum Gasteiger partial charge on any atom is 0.257 e. The molecule has 114 valence electrons. The molecular weight excluding hydrogens is 308 g/mol. The first-order valence-electron chi connectivity index (χ1n) is 7.22. The van der Waals surface area contributed by atoms with Crippen LogP contribution in [0.25, 0.3) is 11.3 Å². The lowest BCUT2D eigenvalue weighted by Gasteiger charge is -2.06. The van der Waals surface area contributed by atoms with E-state index in [2.05, 4.69) is 16.4 Å². The standard InChI is InChI=1S/C19H15ClN2O/c1-13-3-2-4-14(11-13)18-10-5-15(12-21-18)19(23)22-17-8-6-16(20)7-9-17/h2-12H,1H3,(H,22,23). The Kier molecular flexibility index (Phi) is 4.40. The number of pyridine rings is 1. The third-order valence-electron chi connectivity index (χ3n) is 3.44. The number of hydrogen-bond acceptors (Lipinski definition) is 2. The van der Waals surface area contributed by atoms with Crippen LogP contribution in [0.15, 0.2) is 66.9 Å². The van der Waals surface area contributed by atoms with Crippen LogP contribution in [-0.4, -0.2) is 10.9 Å². The number of aromatic nitrogens is 1. The Morgan fingerprint density at radius 1 is 1.04 bits per heavy atom. The molecule has 0 radical (unpaired) electrons. The van der Waals surface area contributed by atoms with Crippen LogP contribution >= 0.6 is 11.6 Å². The predicted octanol–water partition coefficient (Wildman–Crippen LogP) is 4.96. The van der Waals surface area contributed by atoms with Gasteiger partial charge >= 0.3 is 0 Å². The van der Waals surface area contributed by atoms with Gasteiger partial charge in [0.15, 0.2) is 0 Å². The van der Waals surface area contributed by atoms with Crippen molar-refractivity contribution in [2.45, 2.75) is 6.92 Å². The molecule has 0 bridgehead atoms. The zero-order valence-electron chi connectivity index (χ0n) is 12.6. The van der Waals surface area contributed by atoms with Crippen LogP contribution in [0.1, 0.15) is 15.9 Å². The van der Waals surface area contributed by atoms with Crippen LogP contribution < -0.4 is 5.32 Å². The summed E-state index contributed by atoms with van der Waals surface area (Å²) in [6.45, 7) is 2.04. The molecule has 1 heterocycles. The molecular formula is C19H15ClN2O. The van der Waals surface area contributed by atoms with E-state index >= 15 is 0 Å². The summed E-state index contributed by atoms with van der Waals surface area (Å²) in [5.41, 5.74) is 4.26. The third-order valence-corrected chi connectivity index (χ3v) is 3.69. The highest BCUT2D eigenvalue weighted by atomic mass is 35.5. The Bertz CT molecular complexity index is 827. The smallest absolute Gasteiger partial charge is 0.257 e. The molecule has 0 atom stereocenters. The second kappa shape index (κ2) is 6.63. The number of nitrogens with zero attached hydrogens (tertiary/aromatic N) is 1. The number of carbonyl (C=O) groups excluding carboxylic acids is 1. The lowest BCUT2D eigenvalue weighted by molar-refractivity contribution is 0.102. The largest absolute Gasteiger partial charge is 0.322 e. The van der Waals surface area contributed by atoms with E-state index in [1.54, 1.807) is 36.5 Å². The van der Waals surface area contributed by atoms with E-state index in [9.17, 15) is 4.79 Å². The minimum atomic E-state index is -0.199. The van der Waals surface area contributed by atoms with Crippen LogP contribution in [0.2, 0.25) is 5.02 Å². The van der Waals surface area contributed by atoms with Crippen molar-refractivity contribution in [3.63, 3.8) is 0 Å². The molecule has 0 aliphatic rings. The van der Waals surface area contributed by atoms with Crippen LogP contribution in [0.5, 0.6) is 0 Å². The van der Waals surface area contributed by atoms with Crippen molar-refractivity contribution < 1.29 is 4.79 Å². The molecule has 23 heavy (non-hydrogen) atoms. The topological polar surface area (TPSA) is 42.0 Å².